The van der Waals surface area contributed by atoms with Crippen molar-refractivity contribution in [2.75, 3.05) is 13.2 Å². The molecule has 36 heavy (non-hydrogen) atoms. The Morgan fingerprint density at radius 2 is 1.00 bits per heavy atom. The van der Waals surface area contributed by atoms with Gasteiger partial charge in [0.05, 0.1) is 13.2 Å². The highest BCUT2D eigenvalue weighted by molar-refractivity contribution is 6.00. The number of hydrogen-bond donors (Lipinski definition) is 0. The van der Waals surface area contributed by atoms with Crippen LogP contribution >= 0.6 is 0 Å². The molecule has 1 aromatic rings. The molecule has 4 heteroatoms. The molecule has 0 saturated carbocycles. The maximum absolute atomic E-state index is 12.8. The Kier molecular flexibility index (Phi) is 19.0. The lowest BCUT2D eigenvalue weighted by Gasteiger charge is -2.27. The minimum Gasteiger partial charge on any atom is -0.465 e. The minimum absolute atomic E-state index is 0.275. The molecule has 0 aliphatic rings. The van der Waals surface area contributed by atoms with Gasteiger partial charge in [-0.25, -0.2) is 0 Å². The Morgan fingerprint density at radius 3 is 1.44 bits per heavy atom. The topological polar surface area (TPSA) is 52.6 Å². The van der Waals surface area contributed by atoms with Gasteiger partial charge in [0.25, 0.3) is 0 Å². The summed E-state index contributed by atoms with van der Waals surface area (Å²) in [5, 5.41) is 0. The van der Waals surface area contributed by atoms with Crippen molar-refractivity contribution >= 4 is 11.9 Å². The molecule has 0 unspecified atom stereocenters. The van der Waals surface area contributed by atoms with Gasteiger partial charge >= 0.3 is 11.9 Å². The molecule has 0 N–H and O–H groups in total. The molecule has 0 aliphatic heterocycles. The molecular formula is C32H54O4. The Morgan fingerprint density at radius 1 is 0.583 bits per heavy atom. The highest BCUT2D eigenvalue weighted by Gasteiger charge is 2.45. The summed E-state index contributed by atoms with van der Waals surface area (Å²) in [7, 11) is 0. The summed E-state index contributed by atoms with van der Waals surface area (Å²) in [5.74, 6) is -0.882. The molecule has 1 rings (SSSR count). The summed E-state index contributed by atoms with van der Waals surface area (Å²) in [5.41, 5.74) is -0.0775. The van der Waals surface area contributed by atoms with Crippen LogP contribution in [0.4, 0.5) is 0 Å². The first-order valence-electron chi connectivity index (χ1n) is 15.0. The molecule has 0 spiro atoms. The van der Waals surface area contributed by atoms with E-state index < -0.39 is 17.4 Å². The predicted molar refractivity (Wildman–Crippen MR) is 150 cm³/mol. The number of carbonyl (C=O) groups excluding carboxylic acids is 2. The fraction of sp³-hybridized carbons (Fsp3) is 0.750. The van der Waals surface area contributed by atoms with E-state index in [-0.39, 0.29) is 6.61 Å². The molecule has 0 radical (unpaired) electrons. The van der Waals surface area contributed by atoms with Gasteiger partial charge in [0, 0.05) is 6.42 Å². The van der Waals surface area contributed by atoms with Crippen molar-refractivity contribution in [3.8, 4) is 0 Å². The van der Waals surface area contributed by atoms with Crippen LogP contribution < -0.4 is 0 Å². The number of benzene rings is 1. The summed E-state index contributed by atoms with van der Waals surface area (Å²) in [4.78, 5) is 25.6. The number of rotatable bonds is 23. The van der Waals surface area contributed by atoms with Gasteiger partial charge in [-0.2, -0.15) is 0 Å². The van der Waals surface area contributed by atoms with Crippen LogP contribution in [0, 0.1) is 5.41 Å². The monoisotopic (exact) mass is 502 g/mol. The molecule has 0 aromatic heterocycles. The summed E-state index contributed by atoms with van der Waals surface area (Å²) in [6, 6.07) is 9.91. The first-order valence-corrected chi connectivity index (χ1v) is 15.0. The smallest absolute Gasteiger partial charge is 0.323 e. The van der Waals surface area contributed by atoms with Crippen LogP contribution in [0.1, 0.15) is 135 Å². The highest BCUT2D eigenvalue weighted by Crippen LogP contribution is 2.30. The second-order valence-corrected chi connectivity index (χ2v) is 10.2. The van der Waals surface area contributed by atoms with Crippen LogP contribution in [-0.4, -0.2) is 25.2 Å². The van der Waals surface area contributed by atoms with Crippen molar-refractivity contribution in [3.63, 3.8) is 0 Å². The lowest BCUT2D eigenvalue weighted by atomic mass is 9.82. The van der Waals surface area contributed by atoms with E-state index in [1.165, 1.54) is 83.5 Å². The lowest BCUT2D eigenvalue weighted by Crippen LogP contribution is -2.41. The lowest BCUT2D eigenvalue weighted by molar-refractivity contribution is -0.173. The Bertz CT molecular complexity index is 666. The number of esters is 2. The van der Waals surface area contributed by atoms with Gasteiger partial charge in [-0.05, 0) is 24.8 Å². The third-order valence-electron chi connectivity index (χ3n) is 7.44. The van der Waals surface area contributed by atoms with Gasteiger partial charge in [-0.1, -0.05) is 141 Å². The first kappa shape index (κ1) is 32.2. The summed E-state index contributed by atoms with van der Waals surface area (Å²) in [6.45, 7) is 6.65. The Balaban J connectivity index is 2.10. The highest BCUT2D eigenvalue weighted by atomic mass is 16.6. The SMILES string of the molecule is CCCCCCCCCCCCCCCCCOC(=O)C(CC)(CC)C(=O)OCCc1ccccc1. The quantitative estimate of drug-likeness (QED) is 0.0851. The van der Waals surface area contributed by atoms with Crippen LogP contribution in [0.15, 0.2) is 30.3 Å². The number of hydrogen-bond acceptors (Lipinski definition) is 4. The standard InChI is InChI=1S/C32H54O4/c1-4-7-8-9-10-11-12-13-14-15-16-17-18-19-23-27-35-30(33)32(5-2,6-3)31(34)36-28-26-29-24-21-20-22-25-29/h20-22,24-25H,4-19,23,26-28H2,1-3H3. The van der Waals surface area contributed by atoms with E-state index in [4.69, 9.17) is 9.47 Å². The van der Waals surface area contributed by atoms with Crippen LogP contribution in [0.5, 0.6) is 0 Å². The maximum Gasteiger partial charge on any atom is 0.323 e. The van der Waals surface area contributed by atoms with Crippen molar-refractivity contribution in [3.05, 3.63) is 35.9 Å². The summed E-state index contributed by atoms with van der Waals surface area (Å²) in [6.07, 6.45) is 21.0. The molecule has 0 saturated heterocycles. The van der Waals surface area contributed by atoms with E-state index >= 15 is 0 Å². The van der Waals surface area contributed by atoms with Crippen LogP contribution in [0.2, 0.25) is 0 Å². The van der Waals surface area contributed by atoms with Crippen LogP contribution in [0.3, 0.4) is 0 Å². The van der Waals surface area contributed by atoms with Crippen molar-refractivity contribution in [2.24, 2.45) is 5.41 Å². The van der Waals surface area contributed by atoms with Crippen LogP contribution in [0.25, 0.3) is 0 Å². The average Bonchev–Trinajstić information content (AvgIpc) is 2.90. The van der Waals surface area contributed by atoms with E-state index in [2.05, 4.69) is 6.92 Å². The van der Waals surface area contributed by atoms with Gasteiger partial charge in [-0.15, -0.1) is 0 Å². The van der Waals surface area contributed by atoms with E-state index in [1.807, 2.05) is 44.2 Å². The molecule has 4 nitrogen and oxygen atoms in total. The molecular weight excluding hydrogens is 448 g/mol. The molecule has 0 bridgehead atoms. The Labute approximate surface area is 221 Å². The third kappa shape index (κ3) is 13.5. The number of carbonyl (C=O) groups is 2. The van der Waals surface area contributed by atoms with E-state index in [0.717, 1.165) is 18.4 Å². The zero-order chi connectivity index (χ0) is 26.3. The summed E-state index contributed by atoms with van der Waals surface area (Å²) < 4.78 is 11.1. The molecule has 206 valence electrons. The predicted octanol–water partition coefficient (Wildman–Crippen LogP) is 8.99. The van der Waals surface area contributed by atoms with Gasteiger partial charge in [0.1, 0.15) is 0 Å². The second-order valence-electron chi connectivity index (χ2n) is 10.2. The fourth-order valence-electron chi connectivity index (χ4n) is 4.73. The van der Waals surface area contributed by atoms with E-state index in [0.29, 0.717) is 25.9 Å². The normalized spacial score (nSPS) is 11.4. The van der Waals surface area contributed by atoms with Gasteiger partial charge in [-0.3, -0.25) is 9.59 Å². The summed E-state index contributed by atoms with van der Waals surface area (Å²) >= 11 is 0. The zero-order valence-corrected chi connectivity index (χ0v) is 23.7. The zero-order valence-electron chi connectivity index (χ0n) is 23.7. The van der Waals surface area contributed by atoms with Crippen LogP contribution in [-0.2, 0) is 25.5 Å². The maximum atomic E-state index is 12.8. The molecule has 1 aromatic carbocycles. The molecule has 0 heterocycles. The average molecular weight is 503 g/mol. The number of ether oxygens (including phenoxy) is 2. The van der Waals surface area contributed by atoms with Gasteiger partial charge < -0.3 is 9.47 Å². The van der Waals surface area contributed by atoms with Crippen molar-refractivity contribution in [2.45, 2.75) is 136 Å². The first-order chi connectivity index (χ1) is 17.6. The fourth-order valence-corrected chi connectivity index (χ4v) is 4.73. The minimum atomic E-state index is -1.19. The largest absolute Gasteiger partial charge is 0.465 e. The van der Waals surface area contributed by atoms with Gasteiger partial charge in [0.15, 0.2) is 5.41 Å². The Hall–Kier alpha value is -1.84. The molecule has 0 fully saturated rings. The second kappa shape index (κ2) is 21.3. The van der Waals surface area contributed by atoms with Crippen molar-refractivity contribution in [1.82, 2.24) is 0 Å². The molecule has 0 amide bonds. The third-order valence-corrected chi connectivity index (χ3v) is 7.44. The van der Waals surface area contributed by atoms with Crippen molar-refractivity contribution < 1.29 is 19.1 Å². The van der Waals surface area contributed by atoms with Gasteiger partial charge in [0.2, 0.25) is 0 Å². The number of unbranched alkanes of at least 4 members (excludes halogenated alkanes) is 14. The molecule has 0 aliphatic carbocycles. The van der Waals surface area contributed by atoms with E-state index in [1.54, 1.807) is 0 Å². The molecule has 0 atom stereocenters. The van der Waals surface area contributed by atoms with E-state index in [9.17, 15) is 9.59 Å². The van der Waals surface area contributed by atoms with Crippen molar-refractivity contribution in [1.29, 1.82) is 0 Å².